The van der Waals surface area contributed by atoms with Crippen molar-refractivity contribution in [3.63, 3.8) is 0 Å². The number of hydrogen-bond acceptors (Lipinski definition) is 6. The topological polar surface area (TPSA) is 63.7 Å². The maximum Gasteiger partial charge on any atom is 0.230 e. The summed E-state index contributed by atoms with van der Waals surface area (Å²) in [6.45, 7) is 3.72. The molecule has 0 radical (unpaired) electrons. The van der Waals surface area contributed by atoms with E-state index in [1.165, 1.54) is 31.0 Å². The molecule has 0 atom stereocenters. The first-order valence-corrected chi connectivity index (χ1v) is 10.8. The molecule has 3 heterocycles. The Morgan fingerprint density at radius 1 is 1.11 bits per heavy atom. The molecule has 1 amide bonds. The summed E-state index contributed by atoms with van der Waals surface area (Å²) in [4.78, 5) is 20.2. The Balaban J connectivity index is 1.30. The molecule has 1 aromatic heterocycles. The van der Waals surface area contributed by atoms with Gasteiger partial charge in [0.1, 0.15) is 19.0 Å². The van der Waals surface area contributed by atoms with E-state index in [9.17, 15) is 4.79 Å². The fourth-order valence-corrected chi connectivity index (χ4v) is 4.22. The number of anilines is 1. The number of carbonyl (C=O) groups excluding carboxylic acids is 1. The average Bonchev–Trinajstić information content (AvgIpc) is 2.77. The summed E-state index contributed by atoms with van der Waals surface area (Å²) in [6, 6.07) is 9.77. The van der Waals surface area contributed by atoms with Crippen LogP contribution in [0.1, 0.15) is 24.8 Å². The highest BCUT2D eigenvalue weighted by Gasteiger charge is 2.16. The van der Waals surface area contributed by atoms with Gasteiger partial charge in [-0.1, -0.05) is 6.07 Å². The summed E-state index contributed by atoms with van der Waals surface area (Å²) in [5, 5.41) is 3.03. The van der Waals surface area contributed by atoms with E-state index in [1.54, 1.807) is 0 Å². The minimum absolute atomic E-state index is 0.00772. The first kappa shape index (κ1) is 18.9. The zero-order valence-corrected chi connectivity index (χ0v) is 16.7. The van der Waals surface area contributed by atoms with E-state index >= 15 is 0 Å². The summed E-state index contributed by atoms with van der Waals surface area (Å²) in [5.74, 6) is 2.88. The standard InChI is InChI=1S/C21H25N3O3S/c25-20(15-28-17-6-7-18-19(13-17)27-12-11-26-18)23-14-16-5-4-8-22-21(16)24-9-2-1-3-10-24/h4-8,13H,1-3,9-12,14-15H2,(H,23,25). The predicted molar refractivity (Wildman–Crippen MR) is 110 cm³/mol. The van der Waals surface area contributed by atoms with Crippen LogP contribution in [0.25, 0.3) is 0 Å². The fourth-order valence-electron chi connectivity index (χ4n) is 3.47. The highest BCUT2D eigenvalue weighted by atomic mass is 32.2. The number of nitrogens with one attached hydrogen (secondary N) is 1. The van der Waals surface area contributed by atoms with E-state index in [0.29, 0.717) is 25.5 Å². The third-order valence-electron chi connectivity index (χ3n) is 4.88. The molecular weight excluding hydrogens is 374 g/mol. The van der Waals surface area contributed by atoms with Gasteiger partial charge in [0.2, 0.25) is 5.91 Å². The molecule has 0 unspecified atom stereocenters. The summed E-state index contributed by atoms with van der Waals surface area (Å²) in [6.07, 6.45) is 5.52. The van der Waals surface area contributed by atoms with Crippen molar-refractivity contribution in [2.75, 3.05) is 37.0 Å². The molecule has 0 saturated carbocycles. The Morgan fingerprint density at radius 3 is 2.79 bits per heavy atom. The molecule has 2 aliphatic heterocycles. The van der Waals surface area contributed by atoms with Crippen LogP contribution in [0.4, 0.5) is 5.82 Å². The van der Waals surface area contributed by atoms with Crippen molar-refractivity contribution in [2.45, 2.75) is 30.7 Å². The van der Waals surface area contributed by atoms with Gasteiger partial charge in [0, 0.05) is 36.3 Å². The third-order valence-corrected chi connectivity index (χ3v) is 5.88. The number of fused-ring (bicyclic) bond motifs is 1. The van der Waals surface area contributed by atoms with Crippen LogP contribution in [0, 0.1) is 0 Å². The van der Waals surface area contributed by atoms with Gasteiger partial charge in [-0.2, -0.15) is 0 Å². The zero-order valence-electron chi connectivity index (χ0n) is 15.9. The van der Waals surface area contributed by atoms with E-state index in [1.807, 2.05) is 36.5 Å². The number of nitrogens with zero attached hydrogens (tertiary/aromatic N) is 2. The molecule has 2 aliphatic rings. The van der Waals surface area contributed by atoms with Gasteiger partial charge in [-0.15, -0.1) is 11.8 Å². The molecule has 1 saturated heterocycles. The maximum absolute atomic E-state index is 12.3. The largest absolute Gasteiger partial charge is 0.486 e. The second kappa shape index (κ2) is 9.19. The van der Waals surface area contributed by atoms with Gasteiger partial charge in [-0.25, -0.2) is 4.98 Å². The molecule has 7 heteroatoms. The summed E-state index contributed by atoms with van der Waals surface area (Å²) < 4.78 is 11.1. The number of hydrogen-bond donors (Lipinski definition) is 1. The fraction of sp³-hybridized carbons (Fsp3) is 0.429. The highest BCUT2D eigenvalue weighted by molar-refractivity contribution is 8.00. The van der Waals surface area contributed by atoms with Crippen molar-refractivity contribution in [2.24, 2.45) is 0 Å². The van der Waals surface area contributed by atoms with Crippen LogP contribution in [0.2, 0.25) is 0 Å². The summed E-state index contributed by atoms with van der Waals surface area (Å²) in [7, 11) is 0. The SMILES string of the molecule is O=C(CSc1ccc2c(c1)OCCO2)NCc1cccnc1N1CCCCC1. The van der Waals surface area contributed by atoms with E-state index < -0.39 is 0 Å². The number of ether oxygens (including phenoxy) is 2. The second-order valence-corrected chi connectivity index (χ2v) is 7.95. The molecular formula is C21H25N3O3S. The number of piperidine rings is 1. The smallest absolute Gasteiger partial charge is 0.230 e. The molecule has 148 valence electrons. The Hall–Kier alpha value is -2.41. The zero-order chi connectivity index (χ0) is 19.2. The van der Waals surface area contributed by atoms with Crippen molar-refractivity contribution in [1.82, 2.24) is 10.3 Å². The van der Waals surface area contributed by atoms with Gasteiger partial charge in [0.15, 0.2) is 11.5 Å². The quantitative estimate of drug-likeness (QED) is 0.753. The number of benzene rings is 1. The third kappa shape index (κ3) is 4.70. The Morgan fingerprint density at radius 2 is 1.93 bits per heavy atom. The molecule has 1 aromatic carbocycles. The number of amides is 1. The molecule has 2 aromatic rings. The van der Waals surface area contributed by atoms with Gasteiger partial charge in [0.05, 0.1) is 5.75 Å². The molecule has 0 aliphatic carbocycles. The van der Waals surface area contributed by atoms with E-state index in [2.05, 4.69) is 15.2 Å². The molecule has 6 nitrogen and oxygen atoms in total. The van der Waals surface area contributed by atoms with Crippen molar-refractivity contribution in [3.8, 4) is 11.5 Å². The van der Waals surface area contributed by atoms with Crippen LogP contribution in [-0.4, -0.2) is 42.9 Å². The van der Waals surface area contributed by atoms with Crippen LogP contribution in [0.5, 0.6) is 11.5 Å². The molecule has 4 rings (SSSR count). The normalized spacial score (nSPS) is 15.9. The average molecular weight is 400 g/mol. The minimum Gasteiger partial charge on any atom is -0.486 e. The van der Waals surface area contributed by atoms with Crippen LogP contribution in [0.3, 0.4) is 0 Å². The lowest BCUT2D eigenvalue weighted by atomic mass is 10.1. The number of rotatable bonds is 6. The molecule has 1 N–H and O–H groups in total. The summed E-state index contributed by atoms with van der Waals surface area (Å²) in [5.41, 5.74) is 1.07. The number of thioether (sulfide) groups is 1. The van der Waals surface area contributed by atoms with Crippen molar-refractivity contribution >= 4 is 23.5 Å². The second-order valence-electron chi connectivity index (χ2n) is 6.90. The Bertz CT molecular complexity index is 824. The van der Waals surface area contributed by atoms with Crippen LogP contribution in [-0.2, 0) is 11.3 Å². The lowest BCUT2D eigenvalue weighted by Crippen LogP contribution is -2.32. The first-order chi connectivity index (χ1) is 13.8. The minimum atomic E-state index is 0.00772. The van der Waals surface area contributed by atoms with Gasteiger partial charge in [-0.05, 0) is 43.5 Å². The number of carbonyl (C=O) groups is 1. The van der Waals surface area contributed by atoms with Gasteiger partial charge in [0.25, 0.3) is 0 Å². The van der Waals surface area contributed by atoms with Gasteiger partial charge < -0.3 is 19.7 Å². The molecule has 0 spiro atoms. The van der Waals surface area contributed by atoms with Crippen molar-refractivity contribution in [3.05, 3.63) is 42.1 Å². The lowest BCUT2D eigenvalue weighted by molar-refractivity contribution is -0.118. The number of aromatic nitrogens is 1. The maximum atomic E-state index is 12.3. The van der Waals surface area contributed by atoms with Gasteiger partial charge in [-0.3, -0.25) is 4.79 Å². The van der Waals surface area contributed by atoms with E-state index in [4.69, 9.17) is 9.47 Å². The van der Waals surface area contributed by atoms with Crippen LogP contribution >= 0.6 is 11.8 Å². The van der Waals surface area contributed by atoms with Gasteiger partial charge >= 0.3 is 0 Å². The Labute approximate surface area is 169 Å². The molecule has 28 heavy (non-hydrogen) atoms. The summed E-state index contributed by atoms with van der Waals surface area (Å²) >= 11 is 1.50. The van der Waals surface area contributed by atoms with Crippen LogP contribution in [0.15, 0.2) is 41.4 Å². The number of pyridine rings is 1. The van der Waals surface area contributed by atoms with Crippen LogP contribution < -0.4 is 19.7 Å². The Kier molecular flexibility index (Phi) is 6.21. The monoisotopic (exact) mass is 399 g/mol. The van der Waals surface area contributed by atoms with E-state index in [0.717, 1.165) is 40.9 Å². The van der Waals surface area contributed by atoms with Crippen molar-refractivity contribution < 1.29 is 14.3 Å². The first-order valence-electron chi connectivity index (χ1n) is 9.77. The predicted octanol–water partition coefficient (Wildman–Crippen LogP) is 3.25. The molecule has 1 fully saturated rings. The van der Waals surface area contributed by atoms with Crippen molar-refractivity contribution in [1.29, 1.82) is 0 Å². The lowest BCUT2D eigenvalue weighted by Gasteiger charge is -2.29. The van der Waals surface area contributed by atoms with E-state index in [-0.39, 0.29) is 5.91 Å². The highest BCUT2D eigenvalue weighted by Crippen LogP contribution is 2.34. The molecule has 0 bridgehead atoms.